The van der Waals surface area contributed by atoms with Crippen molar-refractivity contribution in [1.29, 1.82) is 0 Å². The number of carbonyl (C=O) groups excluding carboxylic acids is 21. The number of nitrogens with one attached hydrogen (secondary N) is 17. The van der Waals surface area contributed by atoms with Crippen molar-refractivity contribution in [2.75, 3.05) is 49.2 Å². The fourth-order valence-electron chi connectivity index (χ4n) is 13.2. The number of amides is 21. The van der Waals surface area contributed by atoms with Gasteiger partial charge < -0.3 is 151 Å². The minimum absolute atomic E-state index is 0.0117. The molecule has 1 aromatic rings. The number of carbonyl (C=O) groups is 22. The van der Waals surface area contributed by atoms with Gasteiger partial charge in [0.1, 0.15) is 103 Å². The predicted molar refractivity (Wildman–Crippen MR) is 495 cm³/mol. The van der Waals surface area contributed by atoms with E-state index < -0.39 is 301 Å². The second-order valence-corrected chi connectivity index (χ2v) is 33.9. The Hall–Kier alpha value is -11.3. The average molecular weight is 1980 g/mol. The molecule has 0 aliphatic carbocycles. The molecule has 1 aliphatic heterocycles. The molecule has 55 heteroatoms. The summed E-state index contributed by atoms with van der Waals surface area (Å²) in [7, 11) is 0. The summed E-state index contributed by atoms with van der Waals surface area (Å²) in [6, 6.07) is -27.2. The molecule has 134 heavy (non-hydrogen) atoms. The van der Waals surface area contributed by atoms with E-state index in [1.54, 1.807) is 13.8 Å². The van der Waals surface area contributed by atoms with E-state index in [9.17, 15) is 116 Å². The summed E-state index contributed by atoms with van der Waals surface area (Å²) < 4.78 is 0. The number of unbranched alkanes of at least 4 members (excludes halogenated alkanes) is 3. The van der Waals surface area contributed by atoms with Gasteiger partial charge in [0.15, 0.2) is 0 Å². The molecule has 2 rings (SSSR count). The quantitative estimate of drug-likeness (QED) is 0.0213. The number of nitrogens with zero attached hydrogens (tertiary/aromatic N) is 2. The Kier molecular flexibility index (Phi) is 55.3. The molecule has 754 valence electrons. The number of carboxylic acids is 1. The number of aliphatic hydroxyl groups is 1. The molecular formula is C79H135N27O24S4. The minimum Gasteiger partial charge on any atom is -0.481 e. The summed E-state index contributed by atoms with van der Waals surface area (Å²) in [6.45, 7) is 8.56. The van der Waals surface area contributed by atoms with Gasteiger partial charge in [-0.25, -0.2) is 4.98 Å². The number of aromatic amines is 1. The fourth-order valence-corrected chi connectivity index (χ4v) is 14.1. The maximum absolute atomic E-state index is 14.4. The number of aromatic nitrogens is 2. The second-order valence-electron chi connectivity index (χ2n) is 32.4. The number of thiol groups is 4. The number of aliphatic carboxylic acids is 1. The lowest BCUT2D eigenvalue weighted by Crippen LogP contribution is -2.61. The lowest BCUT2D eigenvalue weighted by molar-refractivity contribution is -0.142. The molecule has 35 N–H and O–H groups in total. The number of imidazole rings is 1. The first-order chi connectivity index (χ1) is 63.1. The molecule has 0 radical (unpaired) electrons. The average Bonchev–Trinajstić information content (AvgIpc) is 1.65. The van der Waals surface area contributed by atoms with E-state index in [2.05, 4.69) is 146 Å². The number of H-pyrrole nitrogens is 1. The van der Waals surface area contributed by atoms with Crippen LogP contribution < -0.4 is 131 Å². The smallest absolute Gasteiger partial charge is 0.303 e. The summed E-state index contributed by atoms with van der Waals surface area (Å²) in [5, 5.41) is 59.6. The van der Waals surface area contributed by atoms with E-state index in [4.69, 9.17) is 45.9 Å². The van der Waals surface area contributed by atoms with Gasteiger partial charge in [-0.05, 0) is 150 Å². The molecule has 1 saturated heterocycles. The number of carboxylic acid groups (broad SMARTS) is 1. The van der Waals surface area contributed by atoms with Crippen molar-refractivity contribution in [3.05, 3.63) is 18.2 Å². The summed E-state index contributed by atoms with van der Waals surface area (Å²) in [6.07, 6.45) is -1.49. The Morgan fingerprint density at radius 3 is 1.15 bits per heavy atom. The summed E-state index contributed by atoms with van der Waals surface area (Å²) >= 11 is 16.6. The Morgan fingerprint density at radius 2 is 0.761 bits per heavy atom. The Labute approximate surface area is 796 Å². The Balaban J connectivity index is 2.30. The summed E-state index contributed by atoms with van der Waals surface area (Å²) in [4.78, 5) is 304. The lowest BCUT2D eigenvalue weighted by atomic mass is 10.0. The van der Waals surface area contributed by atoms with E-state index in [0.29, 0.717) is 25.0 Å². The fraction of sp³-hybridized carbons (Fsp3) is 0.684. The third kappa shape index (κ3) is 43.4. The number of nitrogens with two attached hydrogens (primary N) is 8. The lowest BCUT2D eigenvalue weighted by Gasteiger charge is -2.30. The molecule has 2 heterocycles. The van der Waals surface area contributed by atoms with Crippen molar-refractivity contribution >= 4 is 181 Å². The highest BCUT2D eigenvalue weighted by Crippen LogP contribution is 2.21. The van der Waals surface area contributed by atoms with Gasteiger partial charge in [-0.2, -0.15) is 50.5 Å². The summed E-state index contributed by atoms with van der Waals surface area (Å²) in [5.41, 5.74) is 44.9. The van der Waals surface area contributed by atoms with Crippen LogP contribution in [0, 0.1) is 5.92 Å². The first kappa shape index (κ1) is 119. The first-order valence-corrected chi connectivity index (χ1v) is 46.1. The number of aliphatic hydroxyl groups excluding tert-OH is 1. The normalized spacial score (nSPS) is 16.3. The molecule has 1 aliphatic rings. The van der Waals surface area contributed by atoms with Crippen LogP contribution in [0.3, 0.4) is 0 Å². The molecule has 1 fully saturated rings. The standard InChI is InChI=1S/C79H135N27O24S4/c1-37(2)28-51(100-64(115)39(4)91-78(129)61(41(6)107)105-71(122)49(20-23-60(111)112)98-77(128)56-17-13-27-106(56)79(130)40(5)92-66(117)44(14-7-10-24-80)95-75(126)55(35-134)104-73(124)52(30-59(86)110)101-65(116)43(83)32-131)72(123)103-53(33-132)74(125)90-38(3)63(114)93-45(15-8-11-25-81)67(118)94-46(16-9-12-26-82)68(119)102-54(34-133)76(127)97-47(18-21-57(84)108)69(120)96-48(19-22-58(85)109)70(121)99-50(62(87)113)29-42-31-88-36-89-42/h31,36-41,43-56,61,107,131-134H,7-30,32-35,80-83H2,1-6H3,(H2,84,108)(H2,85,109)(H2,86,110)(H2,87,113)(H,88,89)(H,90,125)(H,91,129)(H,92,117)(H,93,114)(H,94,118)(H,95,126)(H,96,120)(H,97,127)(H,98,128)(H,99,121)(H,100,115)(H,101,116)(H,102,119)(H,103,123)(H,104,124)(H,105,122)(H,111,112)/t38-,39-,40-,41+,43-,44-,45-,46-,47-,48-,49-,50-,51-,52-,53-,54-,55-,56-,61-/m0/s1. The van der Waals surface area contributed by atoms with Crippen LogP contribution in [0.25, 0.3) is 0 Å². The molecular weight excluding hydrogens is 1840 g/mol. The van der Waals surface area contributed by atoms with Crippen LogP contribution in [0.1, 0.15) is 169 Å². The largest absolute Gasteiger partial charge is 0.481 e. The van der Waals surface area contributed by atoms with Crippen LogP contribution in [0.15, 0.2) is 12.5 Å². The predicted octanol–water partition coefficient (Wildman–Crippen LogP) is -11.6. The third-order valence-corrected chi connectivity index (χ3v) is 22.3. The van der Waals surface area contributed by atoms with E-state index >= 15 is 0 Å². The van der Waals surface area contributed by atoms with Crippen molar-refractivity contribution in [2.24, 2.45) is 51.8 Å². The molecule has 0 aromatic carbocycles. The van der Waals surface area contributed by atoms with Crippen molar-refractivity contribution < 1.29 is 116 Å². The van der Waals surface area contributed by atoms with Crippen LogP contribution in [0.5, 0.6) is 0 Å². The van der Waals surface area contributed by atoms with Crippen LogP contribution in [-0.4, -0.2) is 319 Å². The van der Waals surface area contributed by atoms with Crippen LogP contribution in [0.4, 0.5) is 0 Å². The topological polar surface area (TPSA) is 849 Å². The number of hydrogen-bond acceptors (Lipinski definition) is 32. The van der Waals surface area contributed by atoms with Crippen LogP contribution in [-0.2, 0) is 112 Å². The minimum atomic E-state index is -1.93. The molecule has 21 amide bonds. The molecule has 0 saturated carbocycles. The molecule has 0 bridgehead atoms. The Bertz CT molecular complexity index is 4160. The summed E-state index contributed by atoms with van der Waals surface area (Å²) in [5.74, 6) is -23.8. The number of likely N-dealkylation sites (tertiary alicyclic amines) is 1. The maximum atomic E-state index is 14.4. The zero-order chi connectivity index (χ0) is 101. The molecule has 0 unspecified atom stereocenters. The van der Waals surface area contributed by atoms with Gasteiger partial charge in [0.25, 0.3) is 0 Å². The van der Waals surface area contributed by atoms with Gasteiger partial charge in [-0.15, -0.1) is 0 Å². The van der Waals surface area contributed by atoms with E-state index in [-0.39, 0.29) is 108 Å². The van der Waals surface area contributed by atoms with Gasteiger partial charge >= 0.3 is 5.97 Å². The molecule has 0 spiro atoms. The van der Waals surface area contributed by atoms with Gasteiger partial charge in [-0.1, -0.05) is 13.8 Å². The second kappa shape index (κ2) is 62.3. The van der Waals surface area contributed by atoms with Crippen molar-refractivity contribution in [3.63, 3.8) is 0 Å². The monoisotopic (exact) mass is 1970 g/mol. The maximum Gasteiger partial charge on any atom is 0.303 e. The zero-order valence-corrected chi connectivity index (χ0v) is 79.3. The molecule has 51 nitrogen and oxygen atoms in total. The Morgan fingerprint density at radius 1 is 0.410 bits per heavy atom. The van der Waals surface area contributed by atoms with Crippen molar-refractivity contribution in [1.82, 2.24) is 99.9 Å². The van der Waals surface area contributed by atoms with Crippen molar-refractivity contribution in [2.45, 2.75) is 285 Å². The van der Waals surface area contributed by atoms with E-state index in [1.807, 2.05) is 0 Å². The number of hydrogen-bond donors (Lipinski definition) is 31. The number of rotatable bonds is 66. The van der Waals surface area contributed by atoms with Crippen LogP contribution >= 0.6 is 50.5 Å². The van der Waals surface area contributed by atoms with E-state index in [1.165, 1.54) is 33.3 Å². The van der Waals surface area contributed by atoms with Crippen molar-refractivity contribution in [3.8, 4) is 0 Å². The van der Waals surface area contributed by atoms with Gasteiger partial charge in [0.2, 0.25) is 124 Å². The van der Waals surface area contributed by atoms with Gasteiger partial charge in [0.05, 0.1) is 30.6 Å². The van der Waals surface area contributed by atoms with E-state index in [0.717, 1.165) is 11.8 Å². The highest BCUT2D eigenvalue weighted by molar-refractivity contribution is 7.80. The number of primary amides is 4. The first-order valence-electron chi connectivity index (χ1n) is 43.6. The molecule has 1 aromatic heterocycles. The molecule has 19 atom stereocenters. The van der Waals surface area contributed by atoms with Gasteiger partial charge in [0, 0.05) is 61.4 Å². The third-order valence-electron chi connectivity index (χ3n) is 20.8. The van der Waals surface area contributed by atoms with Gasteiger partial charge in [-0.3, -0.25) is 105 Å². The SMILES string of the molecule is CC(C)C[C@H](NC(=O)[C@H](C)NC(=O)[C@@H](NC(=O)[C@H](CCC(=O)O)NC(=O)[C@@H]1CCCN1C(=O)[C@H](C)NC(=O)[C@H](CCCCN)NC(=O)[C@H](CS)NC(=O)[C@H](CC(N)=O)NC(=O)[C@@H](N)CS)[C@@H](C)O)C(=O)N[C@@H](CS)C(=O)N[C@@H](C)C(=O)N[C@@H](CCCCN)C(=O)N[C@@H](CCCCN)C(=O)N[C@@H](CS)C(=O)N[C@@H](CCC(N)=O)C(=O)N[C@@H](CCC(N)=O)C(=O)N[C@@H](Cc1c[nH]cn1)C(N)=O. The highest BCUT2D eigenvalue weighted by atomic mass is 32.1. The highest BCUT2D eigenvalue weighted by Gasteiger charge is 2.42. The zero-order valence-electron chi connectivity index (χ0n) is 75.7. The van der Waals surface area contributed by atoms with Crippen LogP contribution in [0.2, 0.25) is 0 Å².